The Morgan fingerprint density at radius 1 is 1.36 bits per heavy atom. The first-order chi connectivity index (χ1) is 11.6. The van der Waals surface area contributed by atoms with Gasteiger partial charge in [0.05, 0.1) is 21.5 Å². The van der Waals surface area contributed by atoms with Crippen LogP contribution in [0.2, 0.25) is 0 Å². The molecular formula is C15H21FN2O5S2. The van der Waals surface area contributed by atoms with E-state index in [1.165, 1.54) is 18.2 Å². The molecule has 0 radical (unpaired) electrons. The van der Waals surface area contributed by atoms with E-state index >= 15 is 0 Å². The Balaban J connectivity index is 2.09. The van der Waals surface area contributed by atoms with Crippen LogP contribution in [0.15, 0.2) is 23.1 Å². The number of benzene rings is 1. The zero-order valence-corrected chi connectivity index (χ0v) is 15.7. The number of nitrogens with one attached hydrogen (secondary N) is 1. The van der Waals surface area contributed by atoms with Gasteiger partial charge in [0.2, 0.25) is 10.0 Å². The highest BCUT2D eigenvalue weighted by atomic mass is 32.2. The van der Waals surface area contributed by atoms with Crippen molar-refractivity contribution < 1.29 is 26.0 Å². The van der Waals surface area contributed by atoms with Crippen LogP contribution in [-0.4, -0.2) is 57.7 Å². The second-order valence-electron chi connectivity index (χ2n) is 6.06. The quantitative estimate of drug-likeness (QED) is 0.721. The normalized spacial score (nSPS) is 17.8. The first-order valence-electron chi connectivity index (χ1n) is 7.85. The van der Waals surface area contributed by atoms with Crippen LogP contribution in [0.5, 0.6) is 0 Å². The smallest absolute Gasteiger partial charge is 0.254 e. The Morgan fingerprint density at radius 3 is 2.60 bits per heavy atom. The lowest BCUT2D eigenvalue weighted by Gasteiger charge is -2.15. The molecule has 2 rings (SSSR count). The van der Waals surface area contributed by atoms with Gasteiger partial charge in [-0.15, -0.1) is 0 Å². The predicted octanol–water partition coefficient (Wildman–Crippen LogP) is 0.773. The average molecular weight is 392 g/mol. The van der Waals surface area contributed by atoms with Crippen LogP contribution < -0.4 is 5.32 Å². The lowest BCUT2D eigenvalue weighted by atomic mass is 10.2. The summed E-state index contributed by atoms with van der Waals surface area (Å²) in [4.78, 5) is 12.0. The molecule has 1 aliphatic heterocycles. The third kappa shape index (κ3) is 4.36. The number of hydrogen-bond donors (Lipinski definition) is 1. The van der Waals surface area contributed by atoms with Crippen LogP contribution >= 0.6 is 0 Å². The molecule has 1 aromatic carbocycles. The molecular weight excluding hydrogens is 371 g/mol. The number of carbonyl (C=O) groups excluding carboxylic acids is 1. The van der Waals surface area contributed by atoms with Gasteiger partial charge >= 0.3 is 0 Å². The summed E-state index contributed by atoms with van der Waals surface area (Å²) in [5.74, 6) is -1.53. The molecule has 0 aliphatic carbocycles. The Bertz CT molecular complexity index is 866. The number of carbonyl (C=O) groups is 1. The van der Waals surface area contributed by atoms with Gasteiger partial charge in [-0.2, -0.15) is 0 Å². The van der Waals surface area contributed by atoms with Crippen molar-refractivity contribution in [1.29, 1.82) is 0 Å². The zero-order valence-electron chi connectivity index (χ0n) is 14.0. The van der Waals surface area contributed by atoms with Crippen molar-refractivity contribution in [3.63, 3.8) is 0 Å². The Hall–Kier alpha value is -1.52. The number of halogens is 1. The van der Waals surface area contributed by atoms with Gasteiger partial charge in [0.25, 0.3) is 5.91 Å². The van der Waals surface area contributed by atoms with E-state index in [0.717, 1.165) is 18.2 Å². The standard InChI is InChI=1S/C15H21FN2O5S2/c1-11(2)25(22,23)12-4-5-14(16)13(10-12)15(19)17-6-8-18-7-3-9-24(18,20)21/h4-5,10-11H,3,6-9H2,1-2H3,(H,17,19). The molecule has 1 aliphatic rings. The fraction of sp³-hybridized carbons (Fsp3) is 0.533. The van der Waals surface area contributed by atoms with Crippen molar-refractivity contribution in [3.05, 3.63) is 29.6 Å². The molecule has 0 spiro atoms. The van der Waals surface area contributed by atoms with Gasteiger partial charge in [-0.25, -0.2) is 25.5 Å². The van der Waals surface area contributed by atoms with Crippen molar-refractivity contribution in [2.24, 2.45) is 0 Å². The molecule has 1 aromatic rings. The number of amides is 1. The number of rotatable bonds is 6. The minimum atomic E-state index is -3.63. The molecule has 0 bridgehead atoms. The van der Waals surface area contributed by atoms with E-state index in [9.17, 15) is 26.0 Å². The van der Waals surface area contributed by atoms with Crippen LogP contribution in [0.4, 0.5) is 4.39 Å². The summed E-state index contributed by atoms with van der Waals surface area (Å²) in [6.07, 6.45) is 0.542. The summed E-state index contributed by atoms with van der Waals surface area (Å²) < 4.78 is 62.8. The number of sulfone groups is 1. The fourth-order valence-electron chi connectivity index (χ4n) is 2.46. The lowest BCUT2D eigenvalue weighted by Crippen LogP contribution is -2.36. The maximum atomic E-state index is 13.9. The monoisotopic (exact) mass is 392 g/mol. The summed E-state index contributed by atoms with van der Waals surface area (Å²) in [7, 11) is -6.90. The van der Waals surface area contributed by atoms with Gasteiger partial charge in [-0.1, -0.05) is 0 Å². The molecule has 1 saturated heterocycles. The van der Waals surface area contributed by atoms with E-state index in [-0.39, 0.29) is 29.3 Å². The lowest BCUT2D eigenvalue weighted by molar-refractivity contribution is 0.0947. The number of nitrogens with zero attached hydrogens (tertiary/aromatic N) is 1. The molecule has 1 heterocycles. The molecule has 25 heavy (non-hydrogen) atoms. The second-order valence-corrected chi connectivity index (χ2v) is 10.7. The summed E-state index contributed by atoms with van der Waals surface area (Å²) in [5.41, 5.74) is -0.383. The van der Waals surface area contributed by atoms with E-state index in [0.29, 0.717) is 13.0 Å². The highest BCUT2D eigenvalue weighted by Crippen LogP contribution is 2.19. The van der Waals surface area contributed by atoms with Crippen LogP contribution in [-0.2, 0) is 19.9 Å². The van der Waals surface area contributed by atoms with Gasteiger partial charge in [0, 0.05) is 19.6 Å². The molecule has 10 heteroatoms. The molecule has 7 nitrogen and oxygen atoms in total. The summed E-state index contributed by atoms with van der Waals surface area (Å²) in [6, 6.07) is 3.07. The van der Waals surface area contributed by atoms with Crippen molar-refractivity contribution >= 4 is 25.8 Å². The topological polar surface area (TPSA) is 101 Å². The molecule has 140 valence electrons. The maximum Gasteiger partial charge on any atom is 0.254 e. The van der Waals surface area contributed by atoms with Crippen LogP contribution in [0.25, 0.3) is 0 Å². The van der Waals surface area contributed by atoms with E-state index in [1.807, 2.05) is 0 Å². The predicted molar refractivity (Wildman–Crippen MR) is 91.0 cm³/mol. The first-order valence-corrected chi connectivity index (χ1v) is 11.0. The van der Waals surface area contributed by atoms with E-state index < -0.39 is 36.8 Å². The summed E-state index contributed by atoms with van der Waals surface area (Å²) in [5, 5.41) is 1.73. The largest absolute Gasteiger partial charge is 0.351 e. The third-order valence-electron chi connectivity index (χ3n) is 3.98. The van der Waals surface area contributed by atoms with Gasteiger partial charge in [0.1, 0.15) is 5.82 Å². The van der Waals surface area contributed by atoms with Crippen molar-refractivity contribution in [2.45, 2.75) is 30.4 Å². The third-order valence-corrected chi connectivity index (χ3v) is 8.09. The molecule has 1 N–H and O–H groups in total. The molecule has 0 aromatic heterocycles. The second kappa shape index (κ2) is 7.38. The summed E-state index contributed by atoms with van der Waals surface area (Å²) >= 11 is 0. The van der Waals surface area contributed by atoms with E-state index in [2.05, 4.69) is 5.32 Å². The highest BCUT2D eigenvalue weighted by Gasteiger charge is 2.28. The maximum absolute atomic E-state index is 13.9. The number of sulfonamides is 1. The fourth-order valence-corrected chi connectivity index (χ4v) is 5.07. The Kier molecular flexibility index (Phi) is 5.85. The molecule has 0 saturated carbocycles. The Morgan fingerprint density at radius 2 is 2.04 bits per heavy atom. The van der Waals surface area contributed by atoms with Crippen molar-refractivity contribution in [3.8, 4) is 0 Å². The van der Waals surface area contributed by atoms with Gasteiger partial charge < -0.3 is 5.32 Å². The zero-order chi connectivity index (χ0) is 18.8. The van der Waals surface area contributed by atoms with E-state index in [4.69, 9.17) is 0 Å². The minimum absolute atomic E-state index is 0.0126. The SMILES string of the molecule is CC(C)S(=O)(=O)c1ccc(F)c(C(=O)NCCN2CCCS2(=O)=O)c1. The summed E-state index contributed by atoms with van der Waals surface area (Å²) in [6.45, 7) is 3.50. The van der Waals surface area contributed by atoms with E-state index in [1.54, 1.807) is 0 Å². The van der Waals surface area contributed by atoms with Crippen LogP contribution in [0, 0.1) is 5.82 Å². The Labute approximate surface area is 147 Å². The van der Waals surface area contributed by atoms with Gasteiger partial charge in [0.15, 0.2) is 9.84 Å². The number of hydrogen-bond acceptors (Lipinski definition) is 5. The van der Waals surface area contributed by atoms with Crippen molar-refractivity contribution in [2.75, 3.05) is 25.4 Å². The molecule has 0 atom stereocenters. The van der Waals surface area contributed by atoms with Gasteiger partial charge in [-0.05, 0) is 38.5 Å². The highest BCUT2D eigenvalue weighted by molar-refractivity contribution is 7.92. The first kappa shape index (κ1) is 19.8. The molecule has 1 fully saturated rings. The molecule has 0 unspecified atom stereocenters. The van der Waals surface area contributed by atoms with Crippen LogP contribution in [0.3, 0.4) is 0 Å². The van der Waals surface area contributed by atoms with Gasteiger partial charge in [-0.3, -0.25) is 4.79 Å². The average Bonchev–Trinajstić information content (AvgIpc) is 2.86. The van der Waals surface area contributed by atoms with Crippen LogP contribution in [0.1, 0.15) is 30.6 Å². The molecule has 1 amide bonds. The minimum Gasteiger partial charge on any atom is -0.351 e. The van der Waals surface area contributed by atoms with Crippen molar-refractivity contribution in [1.82, 2.24) is 9.62 Å².